The molecule has 0 bridgehead atoms. The van der Waals surface area contributed by atoms with Gasteiger partial charge in [0.2, 0.25) is 6.79 Å². The maximum Gasteiger partial charge on any atom is 0.231 e. The van der Waals surface area contributed by atoms with Crippen LogP contribution in [0, 0.1) is 6.92 Å². The molecule has 1 saturated carbocycles. The number of aryl methyl sites for hydroxylation is 1. The molecule has 1 fully saturated rings. The van der Waals surface area contributed by atoms with Gasteiger partial charge in [-0.2, -0.15) is 0 Å². The second-order valence-corrected chi connectivity index (χ2v) is 8.02. The number of ether oxygens (including phenoxy) is 3. The van der Waals surface area contributed by atoms with Crippen LogP contribution in [0.2, 0.25) is 0 Å². The van der Waals surface area contributed by atoms with Gasteiger partial charge in [0.05, 0.1) is 6.10 Å². The molecule has 120 valence electrons. The van der Waals surface area contributed by atoms with Gasteiger partial charge in [-0.3, -0.25) is 0 Å². The number of fused-ring (bicyclic) bond motifs is 4. The summed E-state index contributed by atoms with van der Waals surface area (Å²) >= 11 is 1.96. The van der Waals surface area contributed by atoms with Gasteiger partial charge in [0, 0.05) is 15.7 Å². The first-order valence-corrected chi connectivity index (χ1v) is 9.26. The molecule has 4 heteroatoms. The van der Waals surface area contributed by atoms with Gasteiger partial charge in [-0.25, -0.2) is 0 Å². The Kier molecular flexibility index (Phi) is 3.17. The third-order valence-electron chi connectivity index (χ3n) is 5.25. The highest BCUT2D eigenvalue weighted by Gasteiger charge is 2.39. The Morgan fingerprint density at radius 2 is 1.91 bits per heavy atom. The lowest BCUT2D eigenvalue weighted by Crippen LogP contribution is -2.32. The maximum absolute atomic E-state index is 6.59. The molecular formula is C19H20O3S. The SMILES string of the molecule is Cc1cc2c(s1)[C@@H]1CCCC[C@@H]1O[C@@H]2c1ccc2c(c1)OCO2. The first-order valence-electron chi connectivity index (χ1n) is 8.45. The molecule has 3 atom stereocenters. The van der Waals surface area contributed by atoms with Crippen LogP contribution >= 0.6 is 11.3 Å². The zero-order chi connectivity index (χ0) is 15.4. The standard InChI is InChI=1S/C19H20O3S/c1-11-8-14-18(12-6-7-16-17(9-12)21-10-20-16)22-15-5-3-2-4-13(15)19(14)23-11/h6-9,13,15,18H,2-5,10H2,1H3/t13-,15+,18-/m1/s1. The van der Waals surface area contributed by atoms with Gasteiger partial charge in [0.25, 0.3) is 0 Å². The number of benzene rings is 1. The van der Waals surface area contributed by atoms with Gasteiger partial charge in [0.15, 0.2) is 11.5 Å². The summed E-state index contributed by atoms with van der Waals surface area (Å²) in [6, 6.07) is 8.54. The summed E-state index contributed by atoms with van der Waals surface area (Å²) in [6.45, 7) is 2.52. The molecule has 3 aliphatic rings. The molecule has 3 heterocycles. The average Bonchev–Trinajstić information content (AvgIpc) is 3.19. The van der Waals surface area contributed by atoms with Crippen molar-refractivity contribution in [3.63, 3.8) is 0 Å². The second-order valence-electron chi connectivity index (χ2n) is 6.73. The second kappa shape index (κ2) is 5.25. The molecule has 3 nitrogen and oxygen atoms in total. The van der Waals surface area contributed by atoms with E-state index in [1.807, 2.05) is 17.4 Å². The molecule has 0 radical (unpaired) electrons. The Bertz CT molecular complexity index is 751. The topological polar surface area (TPSA) is 27.7 Å². The lowest BCUT2D eigenvalue weighted by atomic mass is 9.80. The van der Waals surface area contributed by atoms with Crippen LogP contribution in [-0.4, -0.2) is 12.9 Å². The van der Waals surface area contributed by atoms with Crippen LogP contribution in [0.1, 0.15) is 58.6 Å². The van der Waals surface area contributed by atoms with Crippen molar-refractivity contribution in [2.45, 2.75) is 50.7 Å². The molecular weight excluding hydrogens is 308 g/mol. The maximum atomic E-state index is 6.59. The normalized spacial score (nSPS) is 28.3. The summed E-state index contributed by atoms with van der Waals surface area (Å²) in [6.07, 6.45) is 5.46. The molecule has 1 aromatic carbocycles. The summed E-state index contributed by atoms with van der Waals surface area (Å²) in [5, 5.41) is 0. The van der Waals surface area contributed by atoms with Crippen molar-refractivity contribution >= 4 is 11.3 Å². The highest BCUT2D eigenvalue weighted by molar-refractivity contribution is 7.12. The van der Waals surface area contributed by atoms with E-state index < -0.39 is 0 Å². The van der Waals surface area contributed by atoms with Crippen LogP contribution in [0.4, 0.5) is 0 Å². The molecule has 2 aliphatic heterocycles. The first kappa shape index (κ1) is 13.9. The number of thiophene rings is 1. The van der Waals surface area contributed by atoms with Gasteiger partial charge in [-0.05, 0) is 49.1 Å². The van der Waals surface area contributed by atoms with E-state index in [1.165, 1.54) is 41.7 Å². The van der Waals surface area contributed by atoms with Crippen LogP contribution in [0.25, 0.3) is 0 Å². The van der Waals surface area contributed by atoms with Crippen LogP contribution in [0.3, 0.4) is 0 Å². The molecule has 0 unspecified atom stereocenters. The van der Waals surface area contributed by atoms with Crippen LogP contribution < -0.4 is 9.47 Å². The van der Waals surface area contributed by atoms with Crippen molar-refractivity contribution < 1.29 is 14.2 Å². The Morgan fingerprint density at radius 3 is 2.87 bits per heavy atom. The van der Waals surface area contributed by atoms with Crippen molar-refractivity contribution in [1.29, 1.82) is 0 Å². The number of hydrogen-bond acceptors (Lipinski definition) is 4. The fourth-order valence-corrected chi connectivity index (χ4v) is 5.43. The van der Waals surface area contributed by atoms with Crippen molar-refractivity contribution in [3.8, 4) is 11.5 Å². The Balaban J connectivity index is 1.59. The Labute approximate surface area is 140 Å². The van der Waals surface area contributed by atoms with Crippen molar-refractivity contribution in [1.82, 2.24) is 0 Å². The van der Waals surface area contributed by atoms with Crippen LogP contribution in [0.5, 0.6) is 11.5 Å². The van der Waals surface area contributed by atoms with E-state index in [-0.39, 0.29) is 6.10 Å². The molecule has 1 aromatic heterocycles. The summed E-state index contributed by atoms with van der Waals surface area (Å²) in [5.41, 5.74) is 2.55. The van der Waals surface area contributed by atoms with E-state index in [9.17, 15) is 0 Å². The molecule has 23 heavy (non-hydrogen) atoms. The monoisotopic (exact) mass is 328 g/mol. The van der Waals surface area contributed by atoms with Crippen LogP contribution in [-0.2, 0) is 4.74 Å². The fraction of sp³-hybridized carbons (Fsp3) is 0.474. The molecule has 5 rings (SSSR count). The molecule has 0 saturated heterocycles. The fourth-order valence-electron chi connectivity index (χ4n) is 4.19. The van der Waals surface area contributed by atoms with E-state index in [2.05, 4.69) is 25.1 Å². The van der Waals surface area contributed by atoms with Gasteiger partial charge in [0.1, 0.15) is 6.10 Å². The van der Waals surface area contributed by atoms with Crippen molar-refractivity contribution in [2.24, 2.45) is 0 Å². The zero-order valence-electron chi connectivity index (χ0n) is 13.2. The quantitative estimate of drug-likeness (QED) is 0.743. The van der Waals surface area contributed by atoms with E-state index in [0.29, 0.717) is 18.8 Å². The minimum Gasteiger partial charge on any atom is -0.454 e. The summed E-state index contributed by atoms with van der Waals surface area (Å²) in [7, 11) is 0. The van der Waals surface area contributed by atoms with Gasteiger partial charge in [-0.1, -0.05) is 18.9 Å². The van der Waals surface area contributed by atoms with E-state index in [1.54, 1.807) is 4.88 Å². The van der Waals surface area contributed by atoms with Crippen LogP contribution in [0.15, 0.2) is 24.3 Å². The minimum absolute atomic E-state index is 0.0313. The lowest BCUT2D eigenvalue weighted by Gasteiger charge is -2.39. The highest BCUT2D eigenvalue weighted by atomic mass is 32.1. The largest absolute Gasteiger partial charge is 0.454 e. The molecule has 0 amide bonds. The summed E-state index contributed by atoms with van der Waals surface area (Å²) in [4.78, 5) is 2.94. The third kappa shape index (κ3) is 2.19. The molecule has 1 aliphatic carbocycles. The summed E-state index contributed by atoms with van der Waals surface area (Å²) < 4.78 is 17.6. The summed E-state index contributed by atoms with van der Waals surface area (Å²) in [5.74, 6) is 2.27. The lowest BCUT2D eigenvalue weighted by molar-refractivity contribution is -0.0374. The van der Waals surface area contributed by atoms with Crippen molar-refractivity contribution in [2.75, 3.05) is 6.79 Å². The third-order valence-corrected chi connectivity index (χ3v) is 6.44. The minimum atomic E-state index is 0.0313. The van der Waals surface area contributed by atoms with Crippen molar-refractivity contribution in [3.05, 3.63) is 45.1 Å². The first-order chi connectivity index (χ1) is 11.3. The van der Waals surface area contributed by atoms with E-state index >= 15 is 0 Å². The van der Waals surface area contributed by atoms with Gasteiger partial charge >= 0.3 is 0 Å². The molecule has 2 aromatic rings. The Morgan fingerprint density at radius 1 is 1.04 bits per heavy atom. The highest BCUT2D eigenvalue weighted by Crippen LogP contribution is 2.50. The predicted molar refractivity (Wildman–Crippen MR) is 89.5 cm³/mol. The van der Waals surface area contributed by atoms with E-state index in [0.717, 1.165) is 11.5 Å². The predicted octanol–water partition coefficient (Wildman–Crippen LogP) is 4.93. The van der Waals surface area contributed by atoms with E-state index in [4.69, 9.17) is 14.2 Å². The van der Waals surface area contributed by atoms with Gasteiger partial charge in [-0.15, -0.1) is 11.3 Å². The van der Waals surface area contributed by atoms with Gasteiger partial charge < -0.3 is 14.2 Å². The molecule has 0 N–H and O–H groups in total. The smallest absolute Gasteiger partial charge is 0.231 e. The Hall–Kier alpha value is -1.52. The number of rotatable bonds is 1. The molecule has 0 spiro atoms. The zero-order valence-corrected chi connectivity index (χ0v) is 14.0. The number of hydrogen-bond donors (Lipinski definition) is 0. The average molecular weight is 328 g/mol.